The van der Waals surface area contributed by atoms with E-state index in [0.717, 1.165) is 17.0 Å². The van der Waals surface area contributed by atoms with Gasteiger partial charge in [-0.25, -0.2) is 4.99 Å². The van der Waals surface area contributed by atoms with Crippen LogP contribution in [0.15, 0.2) is 33.7 Å². The molecule has 1 heterocycles. The minimum Gasteiger partial charge on any atom is -0.357 e. The summed E-state index contributed by atoms with van der Waals surface area (Å²) in [5.41, 5.74) is 1.22. The summed E-state index contributed by atoms with van der Waals surface area (Å²) in [4.78, 5) is 7.29. The zero-order valence-corrected chi connectivity index (χ0v) is 15.9. The fourth-order valence-corrected chi connectivity index (χ4v) is 3.38. The third kappa shape index (κ3) is 6.51. The van der Waals surface area contributed by atoms with E-state index in [1.807, 2.05) is 6.07 Å². The van der Waals surface area contributed by atoms with Gasteiger partial charge in [-0.15, -0.1) is 0 Å². The molecular formula is C18H29BrN4. The van der Waals surface area contributed by atoms with Crippen LogP contribution in [0.5, 0.6) is 0 Å². The number of guanidine groups is 1. The number of hydrogen-bond donors (Lipinski definition) is 2. The lowest BCUT2D eigenvalue weighted by molar-refractivity contribution is 0.206. The highest BCUT2D eigenvalue weighted by atomic mass is 79.9. The minimum atomic E-state index is 0.531. The fraction of sp³-hybridized carbons (Fsp3) is 0.611. The molecule has 2 rings (SSSR count). The summed E-state index contributed by atoms with van der Waals surface area (Å²) in [6.45, 7) is 9.56. The summed E-state index contributed by atoms with van der Waals surface area (Å²) in [5.74, 6) is 0.932. The number of nitrogens with one attached hydrogen (secondary N) is 2. The van der Waals surface area contributed by atoms with Gasteiger partial charge in [0.2, 0.25) is 0 Å². The average molecular weight is 381 g/mol. The second-order valence-corrected chi connectivity index (χ2v) is 7.00. The topological polar surface area (TPSA) is 39.7 Å². The molecule has 23 heavy (non-hydrogen) atoms. The van der Waals surface area contributed by atoms with Crippen LogP contribution >= 0.6 is 15.9 Å². The van der Waals surface area contributed by atoms with Crippen LogP contribution in [0.4, 0.5) is 0 Å². The summed E-state index contributed by atoms with van der Waals surface area (Å²) in [5, 5.41) is 6.97. The maximum absolute atomic E-state index is 4.73. The molecule has 4 nitrogen and oxygen atoms in total. The Morgan fingerprint density at radius 1 is 1.30 bits per heavy atom. The van der Waals surface area contributed by atoms with Gasteiger partial charge in [-0.3, -0.25) is 0 Å². The van der Waals surface area contributed by atoms with E-state index in [1.54, 1.807) is 0 Å². The van der Waals surface area contributed by atoms with Gasteiger partial charge in [0.1, 0.15) is 0 Å². The molecule has 0 aliphatic carbocycles. The van der Waals surface area contributed by atoms with Gasteiger partial charge in [0.05, 0.1) is 6.54 Å². The lowest BCUT2D eigenvalue weighted by Crippen LogP contribution is -2.48. The van der Waals surface area contributed by atoms with E-state index in [0.29, 0.717) is 12.6 Å². The third-order valence-electron chi connectivity index (χ3n) is 4.12. The Bertz CT molecular complexity index is 496. The number of rotatable bonds is 6. The Balaban J connectivity index is 1.87. The second-order valence-electron chi connectivity index (χ2n) is 6.09. The van der Waals surface area contributed by atoms with Crippen LogP contribution in [-0.2, 0) is 6.54 Å². The largest absolute Gasteiger partial charge is 0.357 e. The van der Waals surface area contributed by atoms with Crippen LogP contribution in [0.2, 0.25) is 0 Å². The SMILES string of the molecule is CCCN1CCC(NC(=NCc2cccc(Br)c2)NCC)CC1. The Hall–Kier alpha value is -1.07. The second kappa shape index (κ2) is 9.93. The Morgan fingerprint density at radius 3 is 2.74 bits per heavy atom. The van der Waals surface area contributed by atoms with Crippen molar-refractivity contribution in [2.75, 3.05) is 26.2 Å². The first-order valence-electron chi connectivity index (χ1n) is 8.73. The molecule has 128 valence electrons. The molecule has 0 saturated carbocycles. The summed E-state index contributed by atoms with van der Waals surface area (Å²) < 4.78 is 1.10. The first-order chi connectivity index (χ1) is 11.2. The lowest BCUT2D eigenvalue weighted by Gasteiger charge is -2.32. The van der Waals surface area contributed by atoms with Gasteiger partial charge in [-0.1, -0.05) is 35.0 Å². The Morgan fingerprint density at radius 2 is 2.09 bits per heavy atom. The number of piperidine rings is 1. The molecule has 0 atom stereocenters. The fourth-order valence-electron chi connectivity index (χ4n) is 2.94. The molecule has 0 radical (unpaired) electrons. The van der Waals surface area contributed by atoms with Gasteiger partial charge < -0.3 is 15.5 Å². The summed E-state index contributed by atoms with van der Waals surface area (Å²) in [6.07, 6.45) is 3.64. The number of hydrogen-bond acceptors (Lipinski definition) is 2. The van der Waals surface area contributed by atoms with Crippen LogP contribution < -0.4 is 10.6 Å². The molecule has 5 heteroatoms. The number of nitrogens with zero attached hydrogens (tertiary/aromatic N) is 2. The predicted molar refractivity (Wildman–Crippen MR) is 102 cm³/mol. The molecule has 0 unspecified atom stereocenters. The van der Waals surface area contributed by atoms with Gasteiger partial charge in [0.25, 0.3) is 0 Å². The van der Waals surface area contributed by atoms with Crippen molar-refractivity contribution in [2.24, 2.45) is 4.99 Å². The molecule has 1 aliphatic rings. The summed E-state index contributed by atoms with van der Waals surface area (Å²) in [7, 11) is 0. The van der Waals surface area contributed by atoms with E-state index in [2.05, 4.69) is 63.5 Å². The zero-order chi connectivity index (χ0) is 16.5. The highest BCUT2D eigenvalue weighted by molar-refractivity contribution is 9.10. The molecule has 2 N–H and O–H groups in total. The van der Waals surface area contributed by atoms with Crippen molar-refractivity contribution in [1.29, 1.82) is 0 Å². The standard InChI is InChI=1S/C18H29BrN4/c1-3-10-23-11-8-17(9-12-23)22-18(20-4-2)21-14-15-6-5-7-16(19)13-15/h5-7,13,17H,3-4,8-12,14H2,1-2H3,(H2,20,21,22). The van der Waals surface area contributed by atoms with Crippen molar-refractivity contribution in [3.8, 4) is 0 Å². The number of benzene rings is 1. The van der Waals surface area contributed by atoms with E-state index >= 15 is 0 Å². The van der Waals surface area contributed by atoms with Gasteiger partial charge in [0.15, 0.2) is 5.96 Å². The molecule has 0 spiro atoms. The quantitative estimate of drug-likeness (QED) is 0.586. The van der Waals surface area contributed by atoms with Crippen LogP contribution in [-0.4, -0.2) is 43.1 Å². The molecule has 1 saturated heterocycles. The van der Waals surface area contributed by atoms with Gasteiger partial charge in [0, 0.05) is 30.1 Å². The predicted octanol–water partition coefficient (Wildman–Crippen LogP) is 3.38. The number of halogens is 1. The van der Waals surface area contributed by atoms with Crippen molar-refractivity contribution in [1.82, 2.24) is 15.5 Å². The Labute approximate surface area is 148 Å². The van der Waals surface area contributed by atoms with Crippen molar-refractivity contribution < 1.29 is 0 Å². The molecule has 1 aromatic carbocycles. The monoisotopic (exact) mass is 380 g/mol. The van der Waals surface area contributed by atoms with Crippen LogP contribution in [0, 0.1) is 0 Å². The van der Waals surface area contributed by atoms with E-state index in [9.17, 15) is 0 Å². The number of aliphatic imine (C=N–C) groups is 1. The van der Waals surface area contributed by atoms with Gasteiger partial charge >= 0.3 is 0 Å². The molecular weight excluding hydrogens is 352 g/mol. The smallest absolute Gasteiger partial charge is 0.191 e. The van der Waals surface area contributed by atoms with Crippen molar-refractivity contribution in [2.45, 2.75) is 45.7 Å². The van der Waals surface area contributed by atoms with Crippen LogP contribution in [0.25, 0.3) is 0 Å². The molecule has 0 bridgehead atoms. The van der Waals surface area contributed by atoms with Crippen molar-refractivity contribution in [3.05, 3.63) is 34.3 Å². The maximum atomic E-state index is 4.73. The highest BCUT2D eigenvalue weighted by Crippen LogP contribution is 2.13. The summed E-state index contributed by atoms with van der Waals surface area (Å²) >= 11 is 3.51. The number of likely N-dealkylation sites (tertiary alicyclic amines) is 1. The van der Waals surface area contributed by atoms with E-state index in [-0.39, 0.29) is 0 Å². The molecule has 1 aromatic rings. The Kier molecular flexibility index (Phi) is 7.89. The highest BCUT2D eigenvalue weighted by Gasteiger charge is 2.19. The molecule has 1 aliphatic heterocycles. The van der Waals surface area contributed by atoms with Crippen molar-refractivity contribution in [3.63, 3.8) is 0 Å². The zero-order valence-electron chi connectivity index (χ0n) is 14.3. The van der Waals surface area contributed by atoms with E-state index < -0.39 is 0 Å². The third-order valence-corrected chi connectivity index (χ3v) is 4.61. The van der Waals surface area contributed by atoms with Crippen LogP contribution in [0.3, 0.4) is 0 Å². The molecule has 1 fully saturated rings. The maximum Gasteiger partial charge on any atom is 0.191 e. The lowest BCUT2D eigenvalue weighted by atomic mass is 10.1. The minimum absolute atomic E-state index is 0.531. The average Bonchev–Trinajstić information content (AvgIpc) is 2.55. The molecule has 0 aromatic heterocycles. The van der Waals surface area contributed by atoms with Crippen molar-refractivity contribution >= 4 is 21.9 Å². The molecule has 0 amide bonds. The normalized spacial score (nSPS) is 17.3. The summed E-state index contributed by atoms with van der Waals surface area (Å²) in [6, 6.07) is 8.86. The first-order valence-corrected chi connectivity index (χ1v) is 9.52. The first kappa shape index (κ1) is 18.3. The van der Waals surface area contributed by atoms with E-state index in [1.165, 1.54) is 44.5 Å². The van der Waals surface area contributed by atoms with Crippen LogP contribution in [0.1, 0.15) is 38.7 Å². The van der Waals surface area contributed by atoms with Gasteiger partial charge in [-0.2, -0.15) is 0 Å². The van der Waals surface area contributed by atoms with E-state index in [4.69, 9.17) is 4.99 Å². The van der Waals surface area contributed by atoms with Gasteiger partial charge in [-0.05, 0) is 50.4 Å².